The first-order chi connectivity index (χ1) is 8.70. The van der Waals surface area contributed by atoms with Crippen LogP contribution in [0.15, 0.2) is 15.8 Å². The Bertz CT molecular complexity index is 624. The maximum atomic E-state index is 11.9. The van der Waals surface area contributed by atoms with Crippen LogP contribution in [-0.4, -0.2) is 33.6 Å². The minimum Gasteiger partial charge on any atom is -0.298 e. The van der Waals surface area contributed by atoms with E-state index in [1.54, 1.807) is 0 Å². The number of fused-ring (bicyclic) bond motifs is 1. The van der Waals surface area contributed by atoms with E-state index in [2.05, 4.69) is 9.88 Å². The van der Waals surface area contributed by atoms with Gasteiger partial charge in [-0.2, -0.15) is 5.26 Å². The third kappa shape index (κ3) is 1.59. The minimum atomic E-state index is -0.597. The van der Waals surface area contributed by atoms with Gasteiger partial charge in [0.2, 0.25) is 0 Å². The Hall–Kier alpha value is -1.87. The Morgan fingerprint density at radius 3 is 2.89 bits per heavy atom. The largest absolute Gasteiger partial charge is 0.328 e. The second-order valence-electron chi connectivity index (χ2n) is 4.92. The van der Waals surface area contributed by atoms with E-state index in [1.807, 2.05) is 6.07 Å². The number of hydrogen-bond donors (Lipinski definition) is 1. The van der Waals surface area contributed by atoms with E-state index in [0.29, 0.717) is 6.04 Å². The van der Waals surface area contributed by atoms with Crippen molar-refractivity contribution in [3.63, 3.8) is 0 Å². The summed E-state index contributed by atoms with van der Waals surface area (Å²) < 4.78 is 1.54. The van der Waals surface area contributed by atoms with Crippen molar-refractivity contribution in [3.05, 3.63) is 32.6 Å². The van der Waals surface area contributed by atoms with Crippen molar-refractivity contribution < 1.29 is 0 Å². The molecule has 0 amide bonds. The Labute approximate surface area is 103 Å². The summed E-state index contributed by atoms with van der Waals surface area (Å²) in [6.45, 7) is 2.08. The van der Waals surface area contributed by atoms with Crippen LogP contribution in [0.5, 0.6) is 0 Å². The number of aromatic nitrogens is 2. The van der Waals surface area contributed by atoms with E-state index in [4.69, 9.17) is 5.26 Å². The monoisotopic (exact) mass is 246 g/mol. The second kappa shape index (κ2) is 4.10. The molecule has 2 atom stereocenters. The number of rotatable bonds is 1. The molecule has 1 N–H and O–H groups in total. The van der Waals surface area contributed by atoms with Gasteiger partial charge in [0.15, 0.2) is 0 Å². The van der Waals surface area contributed by atoms with Gasteiger partial charge in [0, 0.05) is 18.8 Å². The Morgan fingerprint density at radius 1 is 1.28 bits per heavy atom. The molecule has 3 heterocycles. The van der Waals surface area contributed by atoms with Crippen LogP contribution in [0.25, 0.3) is 0 Å². The van der Waals surface area contributed by atoms with Gasteiger partial charge in [-0.05, 0) is 25.8 Å². The van der Waals surface area contributed by atoms with Gasteiger partial charge >= 0.3 is 5.69 Å². The molecule has 2 unspecified atom stereocenters. The molecule has 6 nitrogen and oxygen atoms in total. The molecule has 0 bridgehead atoms. The highest BCUT2D eigenvalue weighted by atomic mass is 16.2. The van der Waals surface area contributed by atoms with Crippen molar-refractivity contribution in [2.45, 2.75) is 31.3 Å². The second-order valence-corrected chi connectivity index (χ2v) is 4.92. The normalized spacial score (nSPS) is 27.1. The molecule has 2 fully saturated rings. The maximum Gasteiger partial charge on any atom is 0.328 e. The Morgan fingerprint density at radius 2 is 2.11 bits per heavy atom. The first-order valence-corrected chi connectivity index (χ1v) is 6.20. The molecule has 1 aromatic heterocycles. The topological polar surface area (TPSA) is 81.9 Å². The molecule has 2 aliphatic rings. The predicted molar refractivity (Wildman–Crippen MR) is 64.3 cm³/mol. The van der Waals surface area contributed by atoms with Gasteiger partial charge in [-0.1, -0.05) is 0 Å². The fraction of sp³-hybridized carbons (Fsp3) is 0.583. The van der Waals surface area contributed by atoms with Crippen LogP contribution < -0.4 is 11.2 Å². The lowest BCUT2D eigenvalue weighted by molar-refractivity contribution is 0.286. The molecule has 0 radical (unpaired) electrons. The first kappa shape index (κ1) is 11.2. The highest BCUT2D eigenvalue weighted by Gasteiger charge is 2.38. The summed E-state index contributed by atoms with van der Waals surface area (Å²) in [5.74, 6) is 0. The number of hydrogen-bond acceptors (Lipinski definition) is 4. The zero-order valence-electron chi connectivity index (χ0n) is 9.93. The number of nitrogens with zero attached hydrogens (tertiary/aromatic N) is 3. The maximum absolute atomic E-state index is 11.9. The number of nitrogens with one attached hydrogen (secondary N) is 1. The van der Waals surface area contributed by atoms with Crippen LogP contribution >= 0.6 is 0 Å². The quantitative estimate of drug-likeness (QED) is 0.745. The summed E-state index contributed by atoms with van der Waals surface area (Å²) >= 11 is 0. The standard InChI is InChI=1S/C12H14N4O2/c13-6-8-7-16(12(18)14-11(8)17)10-3-5-15-4-1-2-9(10)15/h7,9-10H,1-5H2,(H,14,17,18). The highest BCUT2D eigenvalue weighted by Crippen LogP contribution is 2.34. The van der Waals surface area contributed by atoms with Crippen LogP contribution in [0, 0.1) is 11.3 Å². The lowest BCUT2D eigenvalue weighted by Gasteiger charge is -2.21. The van der Waals surface area contributed by atoms with Gasteiger partial charge in [-0.25, -0.2) is 4.79 Å². The first-order valence-electron chi connectivity index (χ1n) is 6.20. The van der Waals surface area contributed by atoms with Crippen molar-refractivity contribution in [2.75, 3.05) is 13.1 Å². The summed E-state index contributed by atoms with van der Waals surface area (Å²) in [5.41, 5.74) is -0.996. The summed E-state index contributed by atoms with van der Waals surface area (Å²) in [5, 5.41) is 8.87. The van der Waals surface area contributed by atoms with Crippen LogP contribution in [-0.2, 0) is 0 Å². The van der Waals surface area contributed by atoms with Gasteiger partial charge in [0.25, 0.3) is 5.56 Å². The molecule has 1 aromatic rings. The molecule has 3 rings (SSSR count). The molecule has 0 saturated carbocycles. The van der Waals surface area contributed by atoms with Gasteiger partial charge in [0.05, 0.1) is 6.04 Å². The van der Waals surface area contributed by atoms with Crippen LogP contribution in [0.1, 0.15) is 30.9 Å². The van der Waals surface area contributed by atoms with Crippen LogP contribution in [0.3, 0.4) is 0 Å². The fourth-order valence-electron chi connectivity index (χ4n) is 3.19. The minimum absolute atomic E-state index is 0.00560. The molecule has 2 aliphatic heterocycles. The van der Waals surface area contributed by atoms with Crippen molar-refractivity contribution in [2.24, 2.45) is 0 Å². The SMILES string of the molecule is N#Cc1cn(C2CCN3CCCC23)c(=O)[nH]c1=O. The molecule has 0 aromatic carbocycles. The van der Waals surface area contributed by atoms with Crippen molar-refractivity contribution >= 4 is 0 Å². The average molecular weight is 246 g/mol. The average Bonchev–Trinajstić information content (AvgIpc) is 2.92. The summed E-state index contributed by atoms with van der Waals surface area (Å²) in [6.07, 6.45) is 4.55. The van der Waals surface area contributed by atoms with E-state index < -0.39 is 11.2 Å². The van der Waals surface area contributed by atoms with E-state index in [9.17, 15) is 9.59 Å². The molecule has 18 heavy (non-hydrogen) atoms. The van der Waals surface area contributed by atoms with Gasteiger partial charge in [-0.15, -0.1) is 0 Å². The third-order valence-corrected chi connectivity index (χ3v) is 4.02. The molecular weight excluding hydrogens is 232 g/mol. The van der Waals surface area contributed by atoms with Crippen molar-refractivity contribution in [3.8, 4) is 6.07 Å². The predicted octanol–water partition coefficient (Wildman–Crippen LogP) is -0.183. The van der Waals surface area contributed by atoms with Crippen LogP contribution in [0.2, 0.25) is 0 Å². The van der Waals surface area contributed by atoms with Gasteiger partial charge in [-0.3, -0.25) is 19.2 Å². The van der Waals surface area contributed by atoms with E-state index >= 15 is 0 Å². The van der Waals surface area contributed by atoms with E-state index in [0.717, 1.165) is 32.4 Å². The molecule has 2 saturated heterocycles. The van der Waals surface area contributed by atoms with E-state index in [1.165, 1.54) is 10.8 Å². The summed E-state index contributed by atoms with van der Waals surface area (Å²) in [4.78, 5) is 27.8. The molecule has 0 spiro atoms. The Kier molecular flexibility index (Phi) is 2.56. The molecule has 0 aliphatic carbocycles. The van der Waals surface area contributed by atoms with E-state index in [-0.39, 0.29) is 11.6 Å². The van der Waals surface area contributed by atoms with Crippen molar-refractivity contribution in [1.82, 2.24) is 14.5 Å². The fourth-order valence-corrected chi connectivity index (χ4v) is 3.19. The zero-order valence-corrected chi connectivity index (χ0v) is 9.93. The lowest BCUT2D eigenvalue weighted by atomic mass is 10.1. The summed E-state index contributed by atoms with van der Waals surface area (Å²) in [7, 11) is 0. The lowest BCUT2D eigenvalue weighted by Crippen LogP contribution is -2.37. The van der Waals surface area contributed by atoms with Gasteiger partial charge in [0.1, 0.15) is 11.6 Å². The molecular formula is C12H14N4O2. The summed E-state index contributed by atoms with van der Waals surface area (Å²) in [6, 6.07) is 2.29. The third-order valence-electron chi connectivity index (χ3n) is 4.02. The smallest absolute Gasteiger partial charge is 0.298 e. The van der Waals surface area contributed by atoms with Crippen molar-refractivity contribution in [1.29, 1.82) is 5.26 Å². The Balaban J connectivity index is 2.05. The zero-order chi connectivity index (χ0) is 12.7. The van der Waals surface area contributed by atoms with Gasteiger partial charge < -0.3 is 0 Å². The number of aromatic amines is 1. The number of nitriles is 1. The molecule has 6 heteroatoms. The molecule has 94 valence electrons. The number of H-pyrrole nitrogens is 1. The highest BCUT2D eigenvalue weighted by molar-refractivity contribution is 5.22. The van der Waals surface area contributed by atoms with Crippen LogP contribution in [0.4, 0.5) is 0 Å².